The normalized spacial score (nSPS) is 12.3. The topological polar surface area (TPSA) is 106 Å². The molecule has 0 fully saturated rings. The number of nitrogens with zero attached hydrogens (tertiary/aromatic N) is 4. The first kappa shape index (κ1) is 24.5. The molecular weight excluding hydrogens is 487 g/mol. The van der Waals surface area contributed by atoms with Gasteiger partial charge in [-0.05, 0) is 12.1 Å². The summed E-state index contributed by atoms with van der Waals surface area (Å²) in [5.74, 6) is -1.23. The first-order chi connectivity index (χ1) is 16.3. The second-order valence-corrected chi connectivity index (χ2v) is 9.28. The van der Waals surface area contributed by atoms with Crippen LogP contribution in [0.2, 0.25) is 5.02 Å². The fraction of sp³-hybridized carbons (Fsp3) is 0.304. The van der Waals surface area contributed by atoms with Crippen LogP contribution >= 0.6 is 11.6 Å². The Morgan fingerprint density at radius 3 is 2.49 bits per heavy atom. The van der Waals surface area contributed by atoms with Crippen molar-refractivity contribution in [1.82, 2.24) is 24.7 Å². The number of fused-ring (bicyclic) bond motifs is 1. The summed E-state index contributed by atoms with van der Waals surface area (Å²) in [7, 11) is 1.69. The number of ether oxygens (including phenoxy) is 1. The molecule has 0 spiro atoms. The van der Waals surface area contributed by atoms with Crippen LogP contribution in [0, 0.1) is 0 Å². The molecule has 0 amide bonds. The van der Waals surface area contributed by atoms with Gasteiger partial charge in [-0.1, -0.05) is 50.6 Å². The summed E-state index contributed by atoms with van der Waals surface area (Å²) in [5.41, 5.74) is 0.0254. The number of nitrogens with one attached hydrogen (secondary N) is 1. The van der Waals surface area contributed by atoms with Gasteiger partial charge >= 0.3 is 12.1 Å². The average molecular weight is 508 g/mol. The van der Waals surface area contributed by atoms with E-state index in [0.29, 0.717) is 16.4 Å². The summed E-state index contributed by atoms with van der Waals surface area (Å²) in [6.07, 6.45) is -4.62. The highest BCUT2D eigenvalue weighted by Gasteiger charge is 2.34. The van der Waals surface area contributed by atoms with E-state index >= 15 is 0 Å². The minimum atomic E-state index is -4.62. The van der Waals surface area contributed by atoms with Gasteiger partial charge in [0.15, 0.2) is 17.9 Å². The molecule has 35 heavy (non-hydrogen) atoms. The first-order valence-electron chi connectivity index (χ1n) is 10.4. The highest BCUT2D eigenvalue weighted by Crippen LogP contribution is 2.40. The number of carboxylic acid groups (broad SMARTS) is 1. The molecule has 0 aliphatic heterocycles. The number of hydrogen-bond acceptors (Lipinski definition) is 5. The SMILES string of the molecule is Cn1nc(C(C)(C)C)c(Cl)c1-c1nc2c(OCC(=O)O)nc(-c3ccccc3C(F)(F)F)cc2[nH]1. The van der Waals surface area contributed by atoms with Crippen molar-refractivity contribution < 1.29 is 27.8 Å². The minimum absolute atomic E-state index is 0.0625. The van der Waals surface area contributed by atoms with Crippen molar-refractivity contribution in [3.8, 4) is 28.7 Å². The fourth-order valence-corrected chi connectivity index (χ4v) is 4.19. The van der Waals surface area contributed by atoms with Crippen molar-refractivity contribution in [2.75, 3.05) is 6.61 Å². The van der Waals surface area contributed by atoms with Gasteiger partial charge < -0.3 is 14.8 Å². The number of H-pyrrole nitrogens is 1. The summed E-state index contributed by atoms with van der Waals surface area (Å²) in [6.45, 7) is 5.11. The lowest BCUT2D eigenvalue weighted by Crippen LogP contribution is -2.12. The van der Waals surface area contributed by atoms with Gasteiger partial charge in [0.2, 0.25) is 5.88 Å². The average Bonchev–Trinajstić information content (AvgIpc) is 3.30. The number of halogens is 4. The van der Waals surface area contributed by atoms with Crippen molar-refractivity contribution in [2.45, 2.75) is 32.4 Å². The second-order valence-electron chi connectivity index (χ2n) is 8.90. The molecular formula is C23H21ClF3N5O3. The number of imidazole rings is 1. The molecule has 1 aromatic carbocycles. The summed E-state index contributed by atoms with van der Waals surface area (Å²) in [6, 6.07) is 6.36. The molecule has 0 aliphatic rings. The number of aromatic nitrogens is 5. The Balaban J connectivity index is 1.94. The van der Waals surface area contributed by atoms with Crippen LogP contribution in [0.15, 0.2) is 30.3 Å². The molecule has 12 heteroatoms. The molecule has 4 rings (SSSR count). The van der Waals surface area contributed by atoms with Gasteiger partial charge in [-0.2, -0.15) is 18.3 Å². The third-order valence-corrected chi connectivity index (χ3v) is 5.56. The number of alkyl halides is 3. The number of carboxylic acids is 1. The number of benzene rings is 1. The lowest BCUT2D eigenvalue weighted by molar-refractivity contribution is -0.139. The number of aromatic amines is 1. The smallest absolute Gasteiger partial charge is 0.417 e. The van der Waals surface area contributed by atoms with E-state index in [1.807, 2.05) is 20.8 Å². The van der Waals surface area contributed by atoms with Crippen LogP contribution in [0.4, 0.5) is 13.2 Å². The number of aryl methyl sites for hydroxylation is 1. The monoisotopic (exact) mass is 507 g/mol. The molecule has 4 aromatic rings. The maximum absolute atomic E-state index is 13.6. The van der Waals surface area contributed by atoms with Crippen molar-refractivity contribution in [1.29, 1.82) is 0 Å². The third kappa shape index (κ3) is 4.68. The highest BCUT2D eigenvalue weighted by atomic mass is 35.5. The number of carbonyl (C=O) groups is 1. The largest absolute Gasteiger partial charge is 0.479 e. The van der Waals surface area contributed by atoms with Crippen LogP contribution in [0.1, 0.15) is 32.0 Å². The molecule has 3 heterocycles. The first-order valence-corrected chi connectivity index (χ1v) is 10.8. The molecule has 0 saturated carbocycles. The molecule has 0 unspecified atom stereocenters. The summed E-state index contributed by atoms with van der Waals surface area (Å²) in [5, 5.41) is 13.9. The van der Waals surface area contributed by atoms with Crippen LogP contribution in [0.5, 0.6) is 5.88 Å². The Kier molecular flexibility index (Phi) is 6.00. The number of rotatable bonds is 5. The molecule has 0 atom stereocenters. The van der Waals surface area contributed by atoms with Gasteiger partial charge in [0.05, 0.1) is 27.5 Å². The van der Waals surface area contributed by atoms with Crippen LogP contribution in [0.3, 0.4) is 0 Å². The lowest BCUT2D eigenvalue weighted by Gasteiger charge is -2.15. The van der Waals surface area contributed by atoms with E-state index in [0.717, 1.165) is 6.07 Å². The number of pyridine rings is 1. The summed E-state index contributed by atoms with van der Waals surface area (Å²) >= 11 is 6.62. The Morgan fingerprint density at radius 1 is 1.20 bits per heavy atom. The Bertz CT molecular complexity index is 1440. The maximum Gasteiger partial charge on any atom is 0.417 e. The van der Waals surface area contributed by atoms with Gasteiger partial charge in [0.1, 0.15) is 5.69 Å². The standard InChI is InChI=1S/C23H21ClF3N5O3/c1-22(2,3)19-16(24)18(32(4)31-19)20-28-14-9-13(11-7-5-6-8-12(11)23(25,26)27)29-21(17(14)30-20)35-10-15(33)34/h5-9H,10H2,1-4H3,(H,28,30)(H,33,34). The molecule has 2 N–H and O–H groups in total. The number of aliphatic carboxylic acids is 1. The van der Waals surface area contributed by atoms with Crippen LogP contribution in [0.25, 0.3) is 33.8 Å². The van der Waals surface area contributed by atoms with Crippen molar-refractivity contribution in [3.05, 3.63) is 46.6 Å². The maximum atomic E-state index is 13.6. The van der Waals surface area contributed by atoms with Crippen molar-refractivity contribution in [3.63, 3.8) is 0 Å². The van der Waals surface area contributed by atoms with Gasteiger partial charge in [-0.15, -0.1) is 0 Å². The van der Waals surface area contributed by atoms with E-state index in [9.17, 15) is 18.0 Å². The second kappa shape index (κ2) is 8.56. The van der Waals surface area contributed by atoms with Gasteiger partial charge in [-0.3, -0.25) is 4.68 Å². The van der Waals surface area contributed by atoms with E-state index in [-0.39, 0.29) is 39.4 Å². The number of hydrogen-bond donors (Lipinski definition) is 2. The Labute approximate surface area is 202 Å². The molecule has 0 radical (unpaired) electrons. The van der Waals surface area contributed by atoms with Crippen molar-refractivity contribution in [2.24, 2.45) is 7.05 Å². The Hall–Kier alpha value is -3.60. The predicted molar refractivity (Wildman–Crippen MR) is 123 cm³/mol. The van der Waals surface area contributed by atoms with Crippen LogP contribution in [-0.2, 0) is 23.4 Å². The zero-order chi connectivity index (χ0) is 25.7. The van der Waals surface area contributed by atoms with Crippen LogP contribution in [-0.4, -0.2) is 42.4 Å². The zero-order valence-electron chi connectivity index (χ0n) is 19.2. The fourth-order valence-electron chi connectivity index (χ4n) is 3.65. The van der Waals surface area contributed by atoms with E-state index in [1.54, 1.807) is 11.7 Å². The van der Waals surface area contributed by atoms with Gasteiger partial charge in [-0.25, -0.2) is 14.8 Å². The van der Waals surface area contributed by atoms with E-state index in [4.69, 9.17) is 21.4 Å². The van der Waals surface area contributed by atoms with Gasteiger partial charge in [0.25, 0.3) is 0 Å². The van der Waals surface area contributed by atoms with E-state index in [2.05, 4.69) is 20.1 Å². The molecule has 0 bridgehead atoms. The molecule has 184 valence electrons. The van der Waals surface area contributed by atoms with Crippen LogP contribution < -0.4 is 4.74 Å². The quantitative estimate of drug-likeness (QED) is 0.371. The molecule has 0 aliphatic carbocycles. The summed E-state index contributed by atoms with van der Waals surface area (Å²) < 4.78 is 47.8. The molecule has 8 nitrogen and oxygen atoms in total. The Morgan fingerprint density at radius 2 is 1.89 bits per heavy atom. The predicted octanol–water partition coefficient (Wildman–Crippen LogP) is 5.46. The molecule has 3 aromatic heterocycles. The van der Waals surface area contributed by atoms with E-state index in [1.165, 1.54) is 24.3 Å². The third-order valence-electron chi connectivity index (χ3n) is 5.20. The lowest BCUT2D eigenvalue weighted by atomic mass is 9.92. The van der Waals surface area contributed by atoms with Gasteiger partial charge in [0, 0.05) is 18.0 Å². The zero-order valence-corrected chi connectivity index (χ0v) is 19.9. The highest BCUT2D eigenvalue weighted by molar-refractivity contribution is 6.33. The summed E-state index contributed by atoms with van der Waals surface area (Å²) in [4.78, 5) is 22.8. The minimum Gasteiger partial charge on any atom is -0.479 e. The van der Waals surface area contributed by atoms with E-state index < -0.39 is 24.3 Å². The van der Waals surface area contributed by atoms with Crippen molar-refractivity contribution >= 4 is 28.6 Å². The molecule has 0 saturated heterocycles.